The molecule has 0 saturated carbocycles. The van der Waals surface area contributed by atoms with Gasteiger partial charge < -0.3 is 20.0 Å². The number of para-hydroxylation sites is 2. The van der Waals surface area contributed by atoms with Gasteiger partial charge in [0.2, 0.25) is 0 Å². The first-order chi connectivity index (χ1) is 14.6. The lowest BCUT2D eigenvalue weighted by Gasteiger charge is -2.24. The smallest absolute Gasteiger partial charge is 0.137 e. The lowest BCUT2D eigenvalue weighted by Crippen LogP contribution is -2.19. The molecule has 0 atom stereocenters. The first-order valence-corrected chi connectivity index (χ1v) is 11.6. The third kappa shape index (κ3) is 2.94. The molecule has 0 saturated heterocycles. The van der Waals surface area contributed by atoms with Crippen molar-refractivity contribution in [3.05, 3.63) is 93.4 Å². The zero-order valence-electron chi connectivity index (χ0n) is 16.8. The summed E-state index contributed by atoms with van der Waals surface area (Å²) < 4.78 is 0. The zero-order valence-corrected chi connectivity index (χ0v) is 18.4. The Labute approximate surface area is 184 Å². The number of fused-ring (bicyclic) bond motifs is 2. The number of anilines is 2. The van der Waals surface area contributed by atoms with Gasteiger partial charge in [-0.3, -0.25) is 0 Å². The maximum atomic E-state index is 10.7. The van der Waals surface area contributed by atoms with Gasteiger partial charge in [0.1, 0.15) is 11.5 Å². The van der Waals surface area contributed by atoms with E-state index in [1.54, 1.807) is 23.5 Å². The topological polar surface area (TPSA) is 46.9 Å². The van der Waals surface area contributed by atoms with Gasteiger partial charge >= 0.3 is 0 Å². The molecule has 152 valence electrons. The van der Waals surface area contributed by atoms with E-state index in [4.69, 9.17) is 0 Å². The molecule has 4 nitrogen and oxygen atoms in total. The Bertz CT molecular complexity index is 1060. The number of benzene rings is 2. The van der Waals surface area contributed by atoms with Crippen molar-refractivity contribution in [3.63, 3.8) is 0 Å². The van der Waals surface area contributed by atoms with E-state index in [-0.39, 0.29) is 11.5 Å². The number of thioether (sulfide) groups is 2. The quantitative estimate of drug-likeness (QED) is 0.567. The fraction of sp³-hybridized carbons (Fsp3) is 0.167. The third-order valence-electron chi connectivity index (χ3n) is 5.46. The molecule has 0 spiro atoms. The number of aliphatic hydroxyl groups is 2. The highest BCUT2D eigenvalue weighted by Gasteiger charge is 2.32. The molecule has 2 N–H and O–H groups in total. The van der Waals surface area contributed by atoms with Crippen LogP contribution in [0.2, 0.25) is 0 Å². The van der Waals surface area contributed by atoms with E-state index in [9.17, 15) is 10.2 Å². The summed E-state index contributed by atoms with van der Waals surface area (Å²) in [6.07, 6.45) is 3.77. The summed E-state index contributed by atoms with van der Waals surface area (Å²) in [6, 6.07) is 16.5. The Balaban J connectivity index is 1.43. The van der Waals surface area contributed by atoms with Crippen molar-refractivity contribution >= 4 is 34.9 Å². The summed E-state index contributed by atoms with van der Waals surface area (Å²) in [7, 11) is 0. The molecule has 0 unspecified atom stereocenters. The Morgan fingerprint density at radius 1 is 0.700 bits per heavy atom. The summed E-state index contributed by atoms with van der Waals surface area (Å²) in [5, 5.41) is 23.5. The average Bonchev–Trinajstić information content (AvgIpc) is 3.32. The molecule has 0 radical (unpaired) electrons. The van der Waals surface area contributed by atoms with Gasteiger partial charge in [-0.25, -0.2) is 0 Å². The summed E-state index contributed by atoms with van der Waals surface area (Å²) >= 11 is 3.32. The van der Waals surface area contributed by atoms with Crippen molar-refractivity contribution in [2.45, 2.75) is 23.6 Å². The van der Waals surface area contributed by atoms with Crippen LogP contribution in [-0.2, 0) is 0 Å². The molecule has 3 aliphatic rings. The Kier molecular flexibility index (Phi) is 4.83. The van der Waals surface area contributed by atoms with Crippen molar-refractivity contribution in [2.75, 3.05) is 22.9 Å². The minimum absolute atomic E-state index is 0.146. The van der Waals surface area contributed by atoms with E-state index in [2.05, 4.69) is 47.9 Å². The van der Waals surface area contributed by atoms with Crippen LogP contribution in [0.1, 0.15) is 13.8 Å². The monoisotopic (exact) mass is 434 g/mol. The van der Waals surface area contributed by atoms with Crippen LogP contribution in [0.15, 0.2) is 103 Å². The van der Waals surface area contributed by atoms with Gasteiger partial charge in [0.05, 0.1) is 32.6 Å². The van der Waals surface area contributed by atoms with E-state index < -0.39 is 0 Å². The van der Waals surface area contributed by atoms with E-state index in [0.29, 0.717) is 11.1 Å². The Morgan fingerprint density at radius 3 is 1.50 bits per heavy atom. The number of allylic oxidation sites excluding steroid dienone is 2. The second-order valence-electron chi connectivity index (χ2n) is 7.12. The number of hydrogen-bond acceptors (Lipinski definition) is 6. The molecular weight excluding hydrogens is 412 g/mol. The summed E-state index contributed by atoms with van der Waals surface area (Å²) in [5.74, 6) is 0.292. The van der Waals surface area contributed by atoms with Gasteiger partial charge in [-0.1, -0.05) is 47.8 Å². The predicted octanol–water partition coefficient (Wildman–Crippen LogP) is 6.57. The summed E-state index contributed by atoms with van der Waals surface area (Å²) in [6.45, 7) is 5.86. The first-order valence-electron chi connectivity index (χ1n) is 10.0. The minimum Gasteiger partial charge on any atom is -0.506 e. The van der Waals surface area contributed by atoms with Crippen LogP contribution in [0.5, 0.6) is 0 Å². The van der Waals surface area contributed by atoms with Crippen molar-refractivity contribution < 1.29 is 10.2 Å². The third-order valence-corrected chi connectivity index (χ3v) is 7.69. The number of hydrogen-bond donors (Lipinski definition) is 2. The molecule has 0 aromatic heterocycles. The van der Waals surface area contributed by atoms with E-state index in [1.165, 1.54) is 21.2 Å². The molecule has 0 amide bonds. The number of nitrogens with zero attached hydrogens (tertiary/aromatic N) is 2. The summed E-state index contributed by atoms with van der Waals surface area (Å²) in [5.41, 5.74) is 3.33. The van der Waals surface area contributed by atoms with Gasteiger partial charge in [0.25, 0.3) is 0 Å². The van der Waals surface area contributed by atoms with E-state index >= 15 is 0 Å². The second-order valence-corrected chi connectivity index (χ2v) is 9.24. The lowest BCUT2D eigenvalue weighted by molar-refractivity contribution is 0.355. The molecule has 0 bridgehead atoms. The molecule has 1 aliphatic carbocycles. The molecule has 2 aromatic carbocycles. The van der Waals surface area contributed by atoms with Crippen molar-refractivity contribution in [1.82, 2.24) is 0 Å². The van der Waals surface area contributed by atoms with E-state index in [1.807, 2.05) is 36.4 Å². The predicted molar refractivity (Wildman–Crippen MR) is 126 cm³/mol. The standard InChI is InChI=1S/C24H22N2O2S2/c1-3-25-17-9-5-7-11-19(17)29-21(25)13-15-23(27)16(24(15)28)14-22-26(4-2)18-10-6-8-12-20(18)30-22/h5-14,27-28H,3-4H2,1-2H3/b21-13-,22-14+. The maximum absolute atomic E-state index is 10.7. The molecule has 2 heterocycles. The fourth-order valence-corrected chi connectivity index (χ4v) is 6.28. The highest BCUT2D eigenvalue weighted by atomic mass is 32.2. The molecule has 2 aromatic rings. The lowest BCUT2D eigenvalue weighted by atomic mass is 9.93. The second kappa shape index (κ2) is 7.52. The molecule has 0 fully saturated rings. The molecule has 5 rings (SSSR count). The van der Waals surface area contributed by atoms with Crippen LogP contribution in [0, 0.1) is 0 Å². The van der Waals surface area contributed by atoms with Gasteiger partial charge in [-0.15, -0.1) is 0 Å². The molecule has 30 heavy (non-hydrogen) atoms. The van der Waals surface area contributed by atoms with Crippen molar-refractivity contribution in [1.29, 1.82) is 0 Å². The van der Waals surface area contributed by atoms with Crippen LogP contribution in [0.25, 0.3) is 0 Å². The highest BCUT2D eigenvalue weighted by molar-refractivity contribution is 8.04. The van der Waals surface area contributed by atoms with Crippen molar-refractivity contribution in [2.24, 2.45) is 0 Å². The van der Waals surface area contributed by atoms with Gasteiger partial charge in [0, 0.05) is 22.9 Å². The maximum Gasteiger partial charge on any atom is 0.137 e. The fourth-order valence-electron chi connectivity index (χ4n) is 3.95. The zero-order chi connectivity index (χ0) is 20.8. The SMILES string of the molecule is CCN1/C(=C/C2=C(O)C(/C=C3/Sc4ccccc4N3CC)=C2O)Sc2ccccc21. The van der Waals surface area contributed by atoms with Crippen LogP contribution in [-0.4, -0.2) is 23.3 Å². The van der Waals surface area contributed by atoms with Gasteiger partial charge in [-0.2, -0.15) is 0 Å². The van der Waals surface area contributed by atoms with Gasteiger partial charge in [0.15, 0.2) is 0 Å². The Hall–Kier alpha value is -2.70. The van der Waals surface area contributed by atoms with Crippen LogP contribution < -0.4 is 9.80 Å². The number of aliphatic hydroxyl groups excluding tert-OH is 2. The van der Waals surface area contributed by atoms with Crippen LogP contribution >= 0.6 is 23.5 Å². The van der Waals surface area contributed by atoms with Crippen LogP contribution in [0.4, 0.5) is 11.4 Å². The number of rotatable bonds is 4. The Morgan fingerprint density at radius 2 is 1.10 bits per heavy atom. The molecule has 6 heteroatoms. The van der Waals surface area contributed by atoms with Gasteiger partial charge in [-0.05, 0) is 50.3 Å². The van der Waals surface area contributed by atoms with Crippen molar-refractivity contribution in [3.8, 4) is 0 Å². The van der Waals surface area contributed by atoms with E-state index in [0.717, 1.165) is 23.1 Å². The molecular formula is C24H22N2O2S2. The first kappa shape index (κ1) is 19.3. The minimum atomic E-state index is 0.146. The molecule has 2 aliphatic heterocycles. The highest BCUT2D eigenvalue weighted by Crippen LogP contribution is 2.49. The largest absolute Gasteiger partial charge is 0.506 e. The normalized spacial score (nSPS) is 20.3. The average molecular weight is 435 g/mol. The summed E-state index contributed by atoms with van der Waals surface area (Å²) in [4.78, 5) is 6.78. The van der Waals surface area contributed by atoms with Crippen LogP contribution in [0.3, 0.4) is 0 Å².